The molecule has 0 heterocycles. The largest absolute Gasteiger partial charge is 0.386 e. The molecule has 0 N–H and O–H groups in total. The van der Waals surface area contributed by atoms with E-state index in [0.717, 1.165) is 0 Å². The third-order valence-corrected chi connectivity index (χ3v) is 1.76. The van der Waals surface area contributed by atoms with Crippen molar-refractivity contribution in [1.82, 2.24) is 0 Å². The Bertz CT molecular complexity index is 453. The molecule has 1 rings (SSSR count). The van der Waals surface area contributed by atoms with E-state index in [-0.39, 0.29) is 0 Å². The Morgan fingerprint density at radius 3 is 1.65 bits per heavy atom. The fourth-order valence-corrected chi connectivity index (χ4v) is 0.840. The van der Waals surface area contributed by atoms with Crippen LogP contribution in [0.5, 0.6) is 0 Å². The first-order chi connectivity index (χ1) is 7.19. The summed E-state index contributed by atoms with van der Waals surface area (Å²) >= 11 is 11.2. The fraction of sp³-hybridized carbons (Fsp3) is 0. The van der Waals surface area contributed by atoms with E-state index in [1.165, 1.54) is 6.07 Å². The average Bonchev–Trinajstić information content (AvgIpc) is 2.04. The topological polar surface area (TPSA) is 28.1 Å². The summed E-state index contributed by atoms with van der Waals surface area (Å²) in [7, 11) is -10.7. The van der Waals surface area contributed by atoms with Crippen LogP contribution in [-0.4, -0.2) is 0 Å². The molecule has 0 bridgehead atoms. The average molecular weight is 319 g/mol. The van der Waals surface area contributed by atoms with E-state index in [9.17, 15) is 25.2 Å². The Kier molecular flexibility index (Phi) is 3.97. The van der Waals surface area contributed by atoms with E-state index in [1.807, 2.05) is 0 Å². The van der Waals surface area contributed by atoms with Crippen molar-refractivity contribution >= 4 is 36.7 Å². The van der Waals surface area contributed by atoms with Gasteiger partial charge in [0.15, 0.2) is 4.98 Å². The van der Waals surface area contributed by atoms with E-state index in [0.29, 0.717) is 15.7 Å². The van der Waals surface area contributed by atoms with E-state index in [1.54, 1.807) is 12.1 Å². The standard InChI is InChI=1S/C6H3Cl2N2.F6P/c7-5-2-1-4(10-9)3-6(5)8;1-7(2,3,4,5)6/h1-3H;/q+1;-1. The monoisotopic (exact) mass is 318 g/mol. The number of halogens is 8. The first-order valence-electron chi connectivity index (χ1n) is 3.55. The van der Waals surface area contributed by atoms with Crippen molar-refractivity contribution in [2.24, 2.45) is 0 Å². The van der Waals surface area contributed by atoms with Gasteiger partial charge >= 0.3 is 38.7 Å². The van der Waals surface area contributed by atoms with Crippen LogP contribution in [0.25, 0.3) is 4.98 Å². The number of rotatable bonds is 0. The first kappa shape index (κ1) is 16.2. The van der Waals surface area contributed by atoms with Crippen LogP contribution in [0.15, 0.2) is 18.2 Å². The molecule has 0 aromatic heterocycles. The zero-order chi connectivity index (χ0) is 14.0. The molecule has 0 fully saturated rings. The van der Waals surface area contributed by atoms with Crippen molar-refractivity contribution in [1.29, 1.82) is 5.39 Å². The zero-order valence-electron chi connectivity index (χ0n) is 7.60. The Morgan fingerprint density at radius 1 is 0.941 bits per heavy atom. The summed E-state index contributed by atoms with van der Waals surface area (Å²) in [5.74, 6) is 0. The molecular weight excluding hydrogens is 316 g/mol. The Morgan fingerprint density at radius 2 is 1.35 bits per heavy atom. The maximum Gasteiger partial charge on any atom is 0.386 e. The van der Waals surface area contributed by atoms with Crippen molar-refractivity contribution in [3.8, 4) is 0 Å². The molecule has 2 nitrogen and oxygen atoms in total. The van der Waals surface area contributed by atoms with Crippen molar-refractivity contribution in [3.63, 3.8) is 0 Å². The van der Waals surface area contributed by atoms with Crippen molar-refractivity contribution < 1.29 is 25.2 Å². The van der Waals surface area contributed by atoms with Gasteiger partial charge in [-0.2, -0.15) is 0 Å². The molecule has 1 aromatic carbocycles. The summed E-state index contributed by atoms with van der Waals surface area (Å²) in [5.41, 5.74) is 0.398. The SMILES string of the molecule is F[P-](F)(F)(F)(F)F.N#[N+]c1ccc(Cl)c(Cl)c1. The van der Waals surface area contributed by atoms with Crippen LogP contribution >= 0.6 is 31.0 Å². The van der Waals surface area contributed by atoms with Gasteiger partial charge in [-0.15, -0.1) is 0 Å². The molecule has 0 aliphatic heterocycles. The summed E-state index contributed by atoms with van der Waals surface area (Å²) in [6.07, 6.45) is 0. The molecule has 0 spiro atoms. The molecule has 0 unspecified atom stereocenters. The minimum atomic E-state index is -10.7. The molecule has 0 aliphatic rings. The van der Waals surface area contributed by atoms with Crippen LogP contribution in [0.3, 0.4) is 0 Å². The molecule has 0 amide bonds. The second-order valence-electron chi connectivity index (χ2n) is 2.66. The third-order valence-electron chi connectivity index (χ3n) is 1.02. The molecule has 0 aliphatic carbocycles. The van der Waals surface area contributed by atoms with Crippen LogP contribution in [-0.2, 0) is 0 Å². The molecule has 98 valence electrons. The van der Waals surface area contributed by atoms with Crippen LogP contribution in [0.2, 0.25) is 10.0 Å². The van der Waals surface area contributed by atoms with Gasteiger partial charge in [-0.1, -0.05) is 23.2 Å². The van der Waals surface area contributed by atoms with Gasteiger partial charge in [0, 0.05) is 6.07 Å². The minimum Gasteiger partial charge on any atom is -0.0827 e. The molecule has 0 radical (unpaired) electrons. The number of nitrogens with zero attached hydrogens (tertiary/aromatic N) is 2. The van der Waals surface area contributed by atoms with Crippen LogP contribution in [0, 0.1) is 5.39 Å². The van der Waals surface area contributed by atoms with Gasteiger partial charge in [0.1, 0.15) is 0 Å². The second kappa shape index (κ2) is 4.16. The summed E-state index contributed by atoms with van der Waals surface area (Å²) in [5, 5.41) is 9.12. The van der Waals surface area contributed by atoms with Gasteiger partial charge in [-0.05, 0) is 6.07 Å². The molecule has 17 heavy (non-hydrogen) atoms. The van der Waals surface area contributed by atoms with Gasteiger partial charge in [0.2, 0.25) is 5.39 Å². The summed E-state index contributed by atoms with van der Waals surface area (Å²) in [6.45, 7) is 0. The second-order valence-corrected chi connectivity index (χ2v) is 5.39. The summed E-state index contributed by atoms with van der Waals surface area (Å²) in [6, 6.07) is 4.61. The molecule has 0 atom stereocenters. The Labute approximate surface area is 101 Å². The predicted molar refractivity (Wildman–Crippen MR) is 54.8 cm³/mol. The van der Waals surface area contributed by atoms with Crippen LogP contribution < -0.4 is 0 Å². The maximum absolute atomic E-state index is 10.7. The summed E-state index contributed by atoms with van der Waals surface area (Å²) in [4.78, 5) is 2.93. The quantitative estimate of drug-likeness (QED) is 0.291. The van der Waals surface area contributed by atoms with Crippen molar-refractivity contribution in [3.05, 3.63) is 33.2 Å². The number of benzene rings is 1. The number of diazo groups is 1. The molecule has 1 aromatic rings. The van der Waals surface area contributed by atoms with Gasteiger partial charge in [0.05, 0.1) is 16.1 Å². The van der Waals surface area contributed by atoms with Gasteiger partial charge in [0.25, 0.3) is 0 Å². The van der Waals surface area contributed by atoms with E-state index >= 15 is 0 Å². The number of hydrogen-bond donors (Lipinski definition) is 0. The first-order valence-corrected chi connectivity index (χ1v) is 6.34. The fourth-order valence-electron chi connectivity index (χ4n) is 0.547. The van der Waals surface area contributed by atoms with E-state index in [2.05, 4.69) is 4.98 Å². The molecular formula is C6H3Cl2F6N2P. The number of hydrogen-bond acceptors (Lipinski definition) is 1. The van der Waals surface area contributed by atoms with Crippen LogP contribution in [0.1, 0.15) is 0 Å². The summed E-state index contributed by atoms with van der Waals surface area (Å²) < 4.78 is 59.2. The maximum atomic E-state index is 9.87. The Hall–Kier alpha value is -0.770. The van der Waals surface area contributed by atoms with Crippen LogP contribution in [0.4, 0.5) is 30.9 Å². The molecule has 11 heteroatoms. The molecule has 0 saturated heterocycles. The molecule has 0 saturated carbocycles. The predicted octanol–water partition coefficient (Wildman–Crippen LogP) is 6.86. The normalized spacial score (nSPS) is 14.8. The smallest absolute Gasteiger partial charge is 0.0827 e. The van der Waals surface area contributed by atoms with Gasteiger partial charge < -0.3 is 0 Å². The van der Waals surface area contributed by atoms with Gasteiger partial charge in [-0.25, -0.2) is 0 Å². The van der Waals surface area contributed by atoms with Crippen molar-refractivity contribution in [2.75, 3.05) is 0 Å². The zero-order valence-corrected chi connectivity index (χ0v) is 10.0. The third kappa shape index (κ3) is 13.2. The van der Waals surface area contributed by atoms with Crippen molar-refractivity contribution in [2.45, 2.75) is 0 Å². The van der Waals surface area contributed by atoms with E-state index in [4.69, 9.17) is 28.6 Å². The minimum absolute atomic E-state index is 0.386. The van der Waals surface area contributed by atoms with E-state index < -0.39 is 7.81 Å². The van der Waals surface area contributed by atoms with Gasteiger partial charge in [-0.3, -0.25) is 0 Å². The Balaban J connectivity index is 0.000000325.